The predicted molar refractivity (Wildman–Crippen MR) is 89.0 cm³/mol. The molecule has 1 atom stereocenters. The van der Waals surface area contributed by atoms with Crippen LogP contribution in [0.5, 0.6) is 0 Å². The van der Waals surface area contributed by atoms with Crippen molar-refractivity contribution in [3.63, 3.8) is 0 Å². The van der Waals surface area contributed by atoms with Crippen molar-refractivity contribution in [3.8, 4) is 0 Å². The molecule has 0 saturated carbocycles. The first-order valence-corrected chi connectivity index (χ1v) is 7.80. The zero-order chi connectivity index (χ0) is 16.7. The first-order chi connectivity index (χ1) is 10.3. The Labute approximate surface area is 140 Å². The van der Waals surface area contributed by atoms with Gasteiger partial charge in [-0.05, 0) is 30.0 Å². The molecular weight excluding hydrogens is 325 g/mol. The van der Waals surface area contributed by atoms with Crippen LogP contribution in [0.4, 0.5) is 0 Å². The number of benzene rings is 1. The molecule has 0 aromatic heterocycles. The fourth-order valence-corrected chi connectivity index (χ4v) is 2.21. The summed E-state index contributed by atoms with van der Waals surface area (Å²) in [6.45, 7) is 4.03. The summed E-state index contributed by atoms with van der Waals surface area (Å²) < 4.78 is 0. The highest BCUT2D eigenvalue weighted by atomic mass is 35.5. The number of amides is 2. The van der Waals surface area contributed by atoms with Gasteiger partial charge in [0.1, 0.15) is 0 Å². The van der Waals surface area contributed by atoms with Gasteiger partial charge >= 0.3 is 0 Å². The van der Waals surface area contributed by atoms with Gasteiger partial charge in [-0.15, -0.1) is 0 Å². The predicted octanol–water partition coefficient (Wildman–Crippen LogP) is 1.75. The summed E-state index contributed by atoms with van der Waals surface area (Å²) in [5, 5.41) is 6.36. The number of halogens is 2. The van der Waals surface area contributed by atoms with Gasteiger partial charge in [0, 0.05) is 16.6 Å². The first kappa shape index (κ1) is 18.7. The highest BCUT2D eigenvalue weighted by Crippen LogP contribution is 2.20. The van der Waals surface area contributed by atoms with Crippen LogP contribution < -0.4 is 16.4 Å². The summed E-state index contributed by atoms with van der Waals surface area (Å²) in [6.07, 6.45) is 0.585. The molecule has 1 aromatic rings. The molecule has 4 N–H and O–H groups in total. The van der Waals surface area contributed by atoms with Crippen LogP contribution in [0, 0.1) is 5.92 Å². The van der Waals surface area contributed by atoms with E-state index in [0.29, 0.717) is 23.0 Å². The molecule has 0 aliphatic heterocycles. The molecule has 0 aliphatic carbocycles. The second kappa shape index (κ2) is 8.98. The Bertz CT molecular complexity index is 536. The summed E-state index contributed by atoms with van der Waals surface area (Å²) in [4.78, 5) is 23.3. The van der Waals surface area contributed by atoms with E-state index >= 15 is 0 Å². The molecule has 0 fully saturated rings. The number of carbonyl (C=O) groups is 2. The monoisotopic (exact) mass is 345 g/mol. The third-order valence-corrected chi connectivity index (χ3v) is 3.76. The van der Waals surface area contributed by atoms with Gasteiger partial charge in [-0.25, -0.2) is 0 Å². The Hall–Kier alpha value is -1.30. The number of hydrogen-bond donors (Lipinski definition) is 3. The molecule has 1 aromatic carbocycles. The average molecular weight is 346 g/mol. The Morgan fingerprint density at radius 1 is 1.23 bits per heavy atom. The lowest BCUT2D eigenvalue weighted by molar-refractivity contribution is -0.127. The van der Waals surface area contributed by atoms with Crippen LogP contribution in [0.25, 0.3) is 0 Å². The molecule has 0 saturated heterocycles. The molecule has 0 heterocycles. The number of nitrogens with two attached hydrogens (primary N) is 1. The molecule has 1 rings (SSSR count). The number of carbonyl (C=O) groups excluding carboxylic acids is 2. The van der Waals surface area contributed by atoms with Crippen molar-refractivity contribution in [2.24, 2.45) is 11.7 Å². The minimum absolute atomic E-state index is 0.0232. The van der Waals surface area contributed by atoms with Gasteiger partial charge in [0.05, 0.1) is 12.6 Å². The summed E-state index contributed by atoms with van der Waals surface area (Å²) in [5.74, 6) is -0.574. The van der Waals surface area contributed by atoms with Gasteiger partial charge in [-0.3, -0.25) is 9.59 Å². The van der Waals surface area contributed by atoms with Crippen LogP contribution in [0.2, 0.25) is 10.0 Å². The second-order valence-electron chi connectivity index (χ2n) is 5.32. The topological polar surface area (TPSA) is 84.2 Å². The van der Waals surface area contributed by atoms with E-state index in [1.807, 2.05) is 19.9 Å². The highest BCUT2D eigenvalue weighted by molar-refractivity contribution is 6.35. The Morgan fingerprint density at radius 2 is 1.91 bits per heavy atom. The smallest absolute Gasteiger partial charge is 0.239 e. The number of rotatable bonds is 7. The van der Waals surface area contributed by atoms with Gasteiger partial charge in [-0.2, -0.15) is 0 Å². The molecule has 0 aliphatic rings. The number of nitrogens with one attached hydrogen (secondary N) is 2. The van der Waals surface area contributed by atoms with E-state index in [2.05, 4.69) is 10.6 Å². The molecule has 5 nitrogen and oxygen atoms in total. The van der Waals surface area contributed by atoms with Crippen molar-refractivity contribution >= 4 is 35.0 Å². The zero-order valence-corrected chi connectivity index (χ0v) is 14.2. The van der Waals surface area contributed by atoms with Gasteiger partial charge in [0.15, 0.2) is 0 Å². The minimum Gasteiger partial charge on any atom is -0.354 e. The van der Waals surface area contributed by atoms with E-state index in [9.17, 15) is 9.59 Å². The summed E-state index contributed by atoms with van der Waals surface area (Å²) in [5.41, 5.74) is 6.58. The van der Waals surface area contributed by atoms with Crippen molar-refractivity contribution in [3.05, 3.63) is 33.8 Å². The average Bonchev–Trinajstić information content (AvgIpc) is 2.46. The Morgan fingerprint density at radius 3 is 2.50 bits per heavy atom. The van der Waals surface area contributed by atoms with Crippen LogP contribution in [-0.2, 0) is 16.0 Å². The fraction of sp³-hybridized carbons (Fsp3) is 0.467. The van der Waals surface area contributed by atoms with Crippen LogP contribution in [0.3, 0.4) is 0 Å². The standard InChI is InChI=1S/C15H21Cl2N3O2/c1-9(2)14(18)15(22)20-8-13(21)19-6-5-10-3-4-11(16)7-12(10)17/h3-4,7,9,14H,5-6,8,18H2,1-2H3,(H,19,21)(H,20,22)/t14-/m0/s1. The molecule has 2 amide bonds. The maximum atomic E-state index is 11.6. The Kier molecular flexibility index (Phi) is 7.65. The van der Waals surface area contributed by atoms with E-state index in [1.165, 1.54) is 0 Å². The SMILES string of the molecule is CC(C)[C@H](N)C(=O)NCC(=O)NCCc1ccc(Cl)cc1Cl. The molecule has 0 unspecified atom stereocenters. The van der Waals surface area contributed by atoms with Crippen LogP contribution in [-0.4, -0.2) is 30.9 Å². The third-order valence-electron chi connectivity index (χ3n) is 3.18. The van der Waals surface area contributed by atoms with Gasteiger partial charge in [0.2, 0.25) is 11.8 Å². The van der Waals surface area contributed by atoms with Gasteiger partial charge < -0.3 is 16.4 Å². The molecule has 7 heteroatoms. The van der Waals surface area contributed by atoms with Crippen molar-refractivity contribution in [2.45, 2.75) is 26.3 Å². The second-order valence-corrected chi connectivity index (χ2v) is 6.17. The van der Waals surface area contributed by atoms with E-state index < -0.39 is 6.04 Å². The van der Waals surface area contributed by atoms with Crippen molar-refractivity contribution in [1.82, 2.24) is 10.6 Å². The molecular formula is C15H21Cl2N3O2. The molecule has 0 spiro atoms. The van der Waals surface area contributed by atoms with E-state index in [0.717, 1.165) is 5.56 Å². The molecule has 122 valence electrons. The lowest BCUT2D eigenvalue weighted by Gasteiger charge is -2.15. The van der Waals surface area contributed by atoms with Crippen LogP contribution in [0.15, 0.2) is 18.2 Å². The Balaban J connectivity index is 2.30. The summed E-state index contributed by atoms with van der Waals surface area (Å²) in [7, 11) is 0. The van der Waals surface area contributed by atoms with Crippen molar-refractivity contribution in [2.75, 3.05) is 13.1 Å². The molecule has 22 heavy (non-hydrogen) atoms. The van der Waals surface area contributed by atoms with E-state index in [1.54, 1.807) is 12.1 Å². The maximum Gasteiger partial charge on any atom is 0.239 e. The van der Waals surface area contributed by atoms with E-state index in [-0.39, 0.29) is 24.3 Å². The minimum atomic E-state index is -0.610. The van der Waals surface area contributed by atoms with Gasteiger partial charge in [-0.1, -0.05) is 43.1 Å². The van der Waals surface area contributed by atoms with Crippen LogP contribution in [0.1, 0.15) is 19.4 Å². The lowest BCUT2D eigenvalue weighted by Crippen LogP contribution is -2.47. The fourth-order valence-electron chi connectivity index (χ4n) is 1.71. The first-order valence-electron chi connectivity index (χ1n) is 7.05. The normalized spacial score (nSPS) is 12.1. The summed E-state index contributed by atoms with van der Waals surface area (Å²) in [6, 6.07) is 4.62. The zero-order valence-electron chi connectivity index (χ0n) is 12.7. The van der Waals surface area contributed by atoms with Crippen molar-refractivity contribution < 1.29 is 9.59 Å². The van der Waals surface area contributed by atoms with Crippen molar-refractivity contribution in [1.29, 1.82) is 0 Å². The largest absolute Gasteiger partial charge is 0.354 e. The maximum absolute atomic E-state index is 11.6. The summed E-state index contributed by atoms with van der Waals surface area (Å²) >= 11 is 11.9. The van der Waals surface area contributed by atoms with E-state index in [4.69, 9.17) is 28.9 Å². The van der Waals surface area contributed by atoms with Crippen LogP contribution >= 0.6 is 23.2 Å². The third kappa shape index (κ3) is 6.22. The quantitative estimate of drug-likeness (QED) is 0.703. The van der Waals surface area contributed by atoms with Gasteiger partial charge in [0.25, 0.3) is 0 Å². The molecule has 0 bridgehead atoms. The lowest BCUT2D eigenvalue weighted by atomic mass is 10.1. The number of hydrogen-bond acceptors (Lipinski definition) is 3. The molecule has 0 radical (unpaired) electrons. The highest BCUT2D eigenvalue weighted by Gasteiger charge is 2.17.